The highest BCUT2D eigenvalue weighted by Crippen LogP contribution is 2.46. The van der Waals surface area contributed by atoms with Crippen molar-refractivity contribution in [3.8, 4) is 5.75 Å². The van der Waals surface area contributed by atoms with Crippen molar-refractivity contribution in [1.82, 2.24) is 0 Å². The highest BCUT2D eigenvalue weighted by atomic mass is 35.5. The van der Waals surface area contributed by atoms with E-state index in [4.69, 9.17) is 16.3 Å². The van der Waals surface area contributed by atoms with Gasteiger partial charge in [0.15, 0.2) is 0 Å². The van der Waals surface area contributed by atoms with Crippen LogP contribution in [0.5, 0.6) is 5.75 Å². The van der Waals surface area contributed by atoms with Gasteiger partial charge < -0.3 is 4.74 Å². The van der Waals surface area contributed by atoms with E-state index < -0.39 is 0 Å². The van der Waals surface area contributed by atoms with Crippen molar-refractivity contribution in [1.29, 1.82) is 0 Å². The fourth-order valence-electron chi connectivity index (χ4n) is 2.31. The Kier molecular flexibility index (Phi) is 3.91. The first-order chi connectivity index (χ1) is 8.45. The Balaban J connectivity index is 1.99. The summed E-state index contributed by atoms with van der Waals surface area (Å²) in [5.41, 5.74) is 1.46. The molecule has 3 unspecified atom stereocenters. The van der Waals surface area contributed by atoms with Gasteiger partial charge in [-0.1, -0.05) is 39.8 Å². The zero-order valence-corrected chi connectivity index (χ0v) is 12.5. The largest absolute Gasteiger partial charge is 0.490 e. The Hall–Kier alpha value is -0.690. The van der Waals surface area contributed by atoms with E-state index >= 15 is 0 Å². The van der Waals surface area contributed by atoms with Crippen LogP contribution >= 0.6 is 11.6 Å². The molecule has 0 radical (unpaired) electrons. The summed E-state index contributed by atoms with van der Waals surface area (Å²) in [6.45, 7) is 8.81. The molecule has 0 aliphatic heterocycles. The van der Waals surface area contributed by atoms with Gasteiger partial charge in [0.1, 0.15) is 11.9 Å². The number of hydrogen-bond donors (Lipinski definition) is 0. The van der Waals surface area contributed by atoms with Gasteiger partial charge in [-0.05, 0) is 30.0 Å². The molecule has 1 aliphatic rings. The summed E-state index contributed by atoms with van der Waals surface area (Å²) in [6, 6.07) is 8.51. The summed E-state index contributed by atoms with van der Waals surface area (Å²) < 4.78 is 6.02. The second kappa shape index (κ2) is 5.13. The first-order valence-corrected chi connectivity index (χ1v) is 7.29. The molecule has 2 rings (SSSR count). The van der Waals surface area contributed by atoms with E-state index in [9.17, 15) is 0 Å². The van der Waals surface area contributed by atoms with E-state index in [1.807, 2.05) is 0 Å². The quantitative estimate of drug-likeness (QED) is 0.698. The van der Waals surface area contributed by atoms with E-state index in [-0.39, 0.29) is 16.9 Å². The van der Waals surface area contributed by atoms with Crippen LogP contribution in [0.15, 0.2) is 24.3 Å². The molecule has 0 amide bonds. The van der Waals surface area contributed by atoms with Crippen molar-refractivity contribution in [3.05, 3.63) is 29.8 Å². The van der Waals surface area contributed by atoms with Crippen molar-refractivity contribution in [2.75, 3.05) is 0 Å². The van der Waals surface area contributed by atoms with E-state index in [0.717, 1.165) is 12.2 Å². The molecule has 3 atom stereocenters. The monoisotopic (exact) mass is 266 g/mol. The van der Waals surface area contributed by atoms with Crippen LogP contribution in [-0.2, 0) is 0 Å². The second-order valence-electron chi connectivity index (χ2n) is 6.01. The van der Waals surface area contributed by atoms with E-state index in [1.54, 1.807) is 0 Å². The summed E-state index contributed by atoms with van der Waals surface area (Å²) in [6.07, 6.45) is 2.36. The Labute approximate surface area is 115 Å². The van der Waals surface area contributed by atoms with Crippen LogP contribution in [0.1, 0.15) is 52.0 Å². The molecule has 1 aliphatic carbocycles. The summed E-state index contributed by atoms with van der Waals surface area (Å²) in [4.78, 5) is 0. The van der Waals surface area contributed by atoms with Crippen molar-refractivity contribution in [2.45, 2.75) is 57.9 Å². The number of benzene rings is 1. The van der Waals surface area contributed by atoms with Crippen LogP contribution in [0.25, 0.3) is 0 Å². The lowest BCUT2D eigenvalue weighted by molar-refractivity contribution is -0.0130. The van der Waals surface area contributed by atoms with Crippen molar-refractivity contribution in [2.24, 2.45) is 5.41 Å². The van der Waals surface area contributed by atoms with Crippen LogP contribution in [0.3, 0.4) is 0 Å². The van der Waals surface area contributed by atoms with Gasteiger partial charge in [0.25, 0.3) is 0 Å². The number of halogens is 1. The molecule has 100 valence electrons. The Morgan fingerprint density at radius 1 is 1.33 bits per heavy atom. The normalized spacial score (nSPS) is 27.4. The predicted molar refractivity (Wildman–Crippen MR) is 77.6 cm³/mol. The highest BCUT2D eigenvalue weighted by Gasteiger charge is 2.49. The lowest BCUT2D eigenvalue weighted by Crippen LogP contribution is -2.53. The lowest BCUT2D eigenvalue weighted by Gasteiger charge is -2.48. The highest BCUT2D eigenvalue weighted by molar-refractivity contribution is 6.21. The van der Waals surface area contributed by atoms with E-state index in [0.29, 0.717) is 5.92 Å². The van der Waals surface area contributed by atoms with Crippen LogP contribution < -0.4 is 4.74 Å². The second-order valence-corrected chi connectivity index (χ2v) is 6.54. The van der Waals surface area contributed by atoms with Gasteiger partial charge >= 0.3 is 0 Å². The summed E-state index contributed by atoms with van der Waals surface area (Å²) in [5.74, 6) is 1.58. The van der Waals surface area contributed by atoms with Crippen LogP contribution in [0, 0.1) is 5.41 Å². The average Bonchev–Trinajstić information content (AvgIpc) is 2.38. The molecular weight excluding hydrogens is 244 g/mol. The van der Waals surface area contributed by atoms with E-state index in [2.05, 4.69) is 52.0 Å². The van der Waals surface area contributed by atoms with Crippen molar-refractivity contribution < 1.29 is 4.74 Å². The van der Waals surface area contributed by atoms with Gasteiger partial charge in [0.05, 0.1) is 0 Å². The smallest absolute Gasteiger partial charge is 0.119 e. The molecule has 1 nitrogen and oxygen atoms in total. The maximum atomic E-state index is 6.21. The maximum absolute atomic E-state index is 6.21. The Morgan fingerprint density at radius 3 is 2.39 bits per heavy atom. The fraction of sp³-hybridized carbons (Fsp3) is 0.625. The first-order valence-electron chi connectivity index (χ1n) is 6.85. The molecule has 1 saturated carbocycles. The number of rotatable bonds is 4. The molecule has 1 aromatic carbocycles. The molecular formula is C16H23ClO. The molecule has 1 fully saturated rings. The molecule has 2 heteroatoms. The minimum Gasteiger partial charge on any atom is -0.490 e. The Bertz CT molecular complexity index is 396. The Morgan fingerprint density at radius 2 is 1.94 bits per heavy atom. The number of hydrogen-bond acceptors (Lipinski definition) is 1. The molecule has 0 saturated heterocycles. The molecule has 1 aromatic rings. The summed E-state index contributed by atoms with van der Waals surface area (Å²) in [5, 5.41) is 0.238. The molecule has 18 heavy (non-hydrogen) atoms. The number of alkyl halides is 1. The third-order valence-electron chi connectivity index (χ3n) is 4.40. The van der Waals surface area contributed by atoms with Gasteiger partial charge in [-0.15, -0.1) is 11.6 Å². The van der Waals surface area contributed by atoms with Gasteiger partial charge in [-0.3, -0.25) is 0 Å². The van der Waals surface area contributed by atoms with Crippen molar-refractivity contribution in [3.63, 3.8) is 0 Å². The van der Waals surface area contributed by atoms with E-state index in [1.165, 1.54) is 12.0 Å². The minimum atomic E-state index is 0.0803. The third-order valence-corrected chi connectivity index (χ3v) is 5.14. The molecule has 0 aromatic heterocycles. The van der Waals surface area contributed by atoms with Crippen LogP contribution in [-0.4, -0.2) is 11.5 Å². The maximum Gasteiger partial charge on any atom is 0.119 e. The van der Waals surface area contributed by atoms with Crippen molar-refractivity contribution >= 4 is 11.6 Å². The van der Waals surface area contributed by atoms with Gasteiger partial charge in [0.2, 0.25) is 0 Å². The zero-order valence-electron chi connectivity index (χ0n) is 11.7. The minimum absolute atomic E-state index is 0.0803. The standard InChI is InChI=1S/C16H23ClO/c1-5-11(2)12-6-8-13(9-7-12)18-15-10-14(17)16(15,3)4/h6-9,11,14-15H,5,10H2,1-4H3. The van der Waals surface area contributed by atoms with Crippen LogP contribution in [0.4, 0.5) is 0 Å². The topological polar surface area (TPSA) is 9.23 Å². The predicted octanol–water partition coefficient (Wildman–Crippen LogP) is 4.98. The SMILES string of the molecule is CCC(C)c1ccc(OC2CC(Cl)C2(C)C)cc1. The average molecular weight is 267 g/mol. The van der Waals surface area contributed by atoms with Gasteiger partial charge in [-0.25, -0.2) is 0 Å². The molecule has 0 bridgehead atoms. The van der Waals surface area contributed by atoms with Gasteiger partial charge in [-0.2, -0.15) is 0 Å². The fourth-order valence-corrected chi connectivity index (χ4v) is 2.61. The summed E-state index contributed by atoms with van der Waals surface area (Å²) in [7, 11) is 0. The third kappa shape index (κ3) is 2.51. The molecule has 0 heterocycles. The first kappa shape index (κ1) is 13.7. The molecule has 0 spiro atoms. The van der Waals surface area contributed by atoms with Gasteiger partial charge in [0, 0.05) is 17.2 Å². The van der Waals surface area contributed by atoms with Crippen LogP contribution in [0.2, 0.25) is 0 Å². The zero-order chi connectivity index (χ0) is 13.3. The summed E-state index contributed by atoms with van der Waals surface area (Å²) >= 11 is 6.21. The lowest BCUT2D eigenvalue weighted by atomic mass is 9.68. The number of ether oxygens (including phenoxy) is 1. The molecule has 0 N–H and O–H groups in total.